The van der Waals surface area contributed by atoms with Gasteiger partial charge in [0.15, 0.2) is 0 Å². The Hall–Kier alpha value is -0.170. The van der Waals surface area contributed by atoms with Crippen LogP contribution in [0.5, 0.6) is 0 Å². The molecule has 0 saturated heterocycles. The molecule has 6 unspecified atom stereocenters. The van der Waals surface area contributed by atoms with E-state index in [-0.39, 0.29) is 25.8 Å². The number of unbranched alkanes of at least 4 members (excludes halogenated alkanes) is 2. The summed E-state index contributed by atoms with van der Waals surface area (Å²) >= 11 is 0. The summed E-state index contributed by atoms with van der Waals surface area (Å²) in [6.07, 6.45) is 31.0. The predicted octanol–water partition coefficient (Wildman–Crippen LogP) is 8.42. The van der Waals surface area contributed by atoms with E-state index in [4.69, 9.17) is 0 Å². The largest absolute Gasteiger partial charge is 4.00 e. The van der Waals surface area contributed by atoms with Gasteiger partial charge in [-0.2, -0.15) is 24.7 Å². The van der Waals surface area contributed by atoms with Crippen molar-refractivity contribution in [3.63, 3.8) is 0 Å². The number of hydrogen-bond donors (Lipinski definition) is 0. The summed E-state index contributed by atoms with van der Waals surface area (Å²) < 4.78 is 0. The Balaban J connectivity index is 0.000000435. The van der Waals surface area contributed by atoms with Gasteiger partial charge in [-0.25, -0.2) is 0 Å². The summed E-state index contributed by atoms with van der Waals surface area (Å²) in [5.74, 6) is 4.36. The molecule has 0 nitrogen and oxygen atoms in total. The van der Waals surface area contributed by atoms with E-state index in [0.717, 1.165) is 36.5 Å². The van der Waals surface area contributed by atoms with E-state index in [1.807, 2.05) is 0 Å². The predicted molar refractivity (Wildman–Crippen MR) is 130 cm³/mol. The molecule has 0 amide bonds. The van der Waals surface area contributed by atoms with Gasteiger partial charge in [0.2, 0.25) is 0 Å². The van der Waals surface area contributed by atoms with Crippen molar-refractivity contribution in [1.29, 1.82) is 0 Å². The third-order valence-corrected chi connectivity index (χ3v) is 7.17. The van der Waals surface area contributed by atoms with Crippen LogP contribution >= 0.6 is 0 Å². The first-order valence-electron chi connectivity index (χ1n) is 12.0. The van der Waals surface area contributed by atoms with Gasteiger partial charge < -0.3 is 26.7 Å². The van der Waals surface area contributed by atoms with E-state index in [0.29, 0.717) is 17.3 Å². The third-order valence-electron chi connectivity index (χ3n) is 7.17. The van der Waals surface area contributed by atoms with Crippen LogP contribution in [0.2, 0.25) is 0 Å². The molecule has 2 saturated carbocycles. The fourth-order valence-corrected chi connectivity index (χ4v) is 4.88. The molecule has 4 rings (SSSR count). The molecule has 0 aliphatic heterocycles. The molecule has 0 aromatic carbocycles. The summed E-state index contributed by atoms with van der Waals surface area (Å²) in [7, 11) is 0. The number of rotatable bonds is 4. The second kappa shape index (κ2) is 14.1. The van der Waals surface area contributed by atoms with Crippen LogP contribution in [-0.2, 0) is 25.8 Å². The number of fused-ring (bicyclic) bond motifs is 2. The number of allylic oxidation sites excluding steroid dienone is 8. The minimum atomic E-state index is 0. The molecule has 0 spiro atoms. The second-order valence-corrected chi connectivity index (χ2v) is 9.62. The molecule has 0 aromatic rings. The van der Waals surface area contributed by atoms with Gasteiger partial charge in [-0.15, -0.1) is 24.0 Å². The molecule has 1 heteroatoms. The van der Waals surface area contributed by atoms with Gasteiger partial charge in [0, 0.05) is 0 Å². The fourth-order valence-electron chi connectivity index (χ4n) is 4.88. The second-order valence-electron chi connectivity index (χ2n) is 9.62. The van der Waals surface area contributed by atoms with Crippen LogP contribution in [-0.4, -0.2) is 0 Å². The van der Waals surface area contributed by atoms with Gasteiger partial charge in [0.1, 0.15) is 0 Å². The molecule has 30 heavy (non-hydrogen) atoms. The van der Waals surface area contributed by atoms with Gasteiger partial charge in [0.25, 0.3) is 0 Å². The minimum Gasteiger partial charge on any atom is -0.343 e. The van der Waals surface area contributed by atoms with E-state index < -0.39 is 0 Å². The zero-order valence-electron chi connectivity index (χ0n) is 19.9. The van der Waals surface area contributed by atoms with Crippen molar-refractivity contribution in [3.05, 3.63) is 75.3 Å². The molecule has 4 aliphatic rings. The molecular formula is C29H44Hf. The molecule has 0 radical (unpaired) electrons. The summed E-state index contributed by atoms with van der Waals surface area (Å²) in [5.41, 5.74) is 0.387. The van der Waals surface area contributed by atoms with Gasteiger partial charge in [-0.1, -0.05) is 95.2 Å². The first-order valence-corrected chi connectivity index (χ1v) is 12.0. The average molecular weight is 571 g/mol. The molecule has 6 atom stereocenters. The average Bonchev–Trinajstić information content (AvgIpc) is 3.39. The van der Waals surface area contributed by atoms with Crippen LogP contribution in [0.3, 0.4) is 0 Å². The zero-order chi connectivity index (χ0) is 21.3. The molecule has 0 N–H and O–H groups in total. The standard InChI is InChI=1S/C21H26.2C4H9.Hf/c1-21(2,19-11-15-7-3-4-8-16(15)12-19)20-13-17-9-5-6-10-18(17)14-20;2*1-3-4-2;/h3-11,13,15-20H,12,14H2,1-2H3;2*1,3-4H2,2H3;/q-2;2*-1;+4. The molecule has 0 aromatic heterocycles. The Morgan fingerprint density at radius 3 is 1.37 bits per heavy atom. The minimum absolute atomic E-state index is 0. The maximum Gasteiger partial charge on any atom is 4.00 e. The van der Waals surface area contributed by atoms with Crippen molar-refractivity contribution in [2.45, 2.75) is 66.2 Å². The van der Waals surface area contributed by atoms with Gasteiger partial charge >= 0.3 is 25.8 Å². The van der Waals surface area contributed by atoms with Crippen LogP contribution in [0.4, 0.5) is 0 Å². The Bertz CT molecular complexity index is 485. The quantitative estimate of drug-likeness (QED) is 0.235. The SMILES string of the molecule is CC(C)(C1[CH-]C2C=CC=CC2C1)C1[CH-]C2C=CC=CC2C1.[CH2-]CCC.[CH2-]CCC.[Hf+4]. The monoisotopic (exact) mass is 572 g/mol. The van der Waals surface area contributed by atoms with Crippen LogP contribution in [0.25, 0.3) is 0 Å². The Labute approximate surface area is 207 Å². The van der Waals surface area contributed by atoms with Crippen molar-refractivity contribution < 1.29 is 25.8 Å². The van der Waals surface area contributed by atoms with E-state index in [2.05, 4.69) is 103 Å². The van der Waals surface area contributed by atoms with Crippen LogP contribution in [0, 0.1) is 67.6 Å². The van der Waals surface area contributed by atoms with E-state index in [9.17, 15) is 0 Å². The summed E-state index contributed by atoms with van der Waals surface area (Å²) in [6.45, 7) is 16.5. The van der Waals surface area contributed by atoms with Gasteiger partial charge in [-0.05, 0) is 11.8 Å². The maximum atomic E-state index is 3.60. The van der Waals surface area contributed by atoms with E-state index in [1.54, 1.807) is 0 Å². The van der Waals surface area contributed by atoms with Gasteiger partial charge in [0.05, 0.1) is 0 Å². The van der Waals surface area contributed by atoms with Crippen LogP contribution < -0.4 is 0 Å². The van der Waals surface area contributed by atoms with Crippen molar-refractivity contribution >= 4 is 0 Å². The van der Waals surface area contributed by atoms with Gasteiger partial charge in [-0.3, -0.25) is 0 Å². The van der Waals surface area contributed by atoms with Crippen molar-refractivity contribution in [3.8, 4) is 0 Å². The molecular weight excluding hydrogens is 527 g/mol. The molecule has 0 bridgehead atoms. The van der Waals surface area contributed by atoms with Crippen LogP contribution in [0.15, 0.2) is 48.6 Å². The molecule has 2 fully saturated rings. The van der Waals surface area contributed by atoms with Crippen molar-refractivity contribution in [2.75, 3.05) is 0 Å². The molecule has 4 aliphatic carbocycles. The van der Waals surface area contributed by atoms with E-state index in [1.165, 1.54) is 25.7 Å². The normalized spacial score (nSPS) is 32.9. The van der Waals surface area contributed by atoms with Crippen LogP contribution in [0.1, 0.15) is 66.2 Å². The van der Waals surface area contributed by atoms with Crippen molar-refractivity contribution in [2.24, 2.45) is 40.9 Å². The fraction of sp³-hybridized carbons (Fsp3) is 0.586. The van der Waals surface area contributed by atoms with E-state index >= 15 is 0 Å². The number of hydrogen-bond acceptors (Lipinski definition) is 0. The molecule has 164 valence electrons. The Morgan fingerprint density at radius 2 is 1.07 bits per heavy atom. The summed E-state index contributed by atoms with van der Waals surface area (Å²) in [6, 6.07) is 0. The summed E-state index contributed by atoms with van der Waals surface area (Å²) in [4.78, 5) is 0. The Morgan fingerprint density at radius 1 is 0.733 bits per heavy atom. The smallest absolute Gasteiger partial charge is 0.343 e. The summed E-state index contributed by atoms with van der Waals surface area (Å²) in [5, 5.41) is 0. The van der Waals surface area contributed by atoms with Crippen molar-refractivity contribution in [1.82, 2.24) is 0 Å². The topological polar surface area (TPSA) is 0 Å². The first-order chi connectivity index (χ1) is 14.0. The third kappa shape index (κ3) is 7.46. The molecule has 0 heterocycles. The maximum absolute atomic E-state index is 3.60. The Kier molecular flexibility index (Phi) is 13.1. The zero-order valence-corrected chi connectivity index (χ0v) is 23.5. The first kappa shape index (κ1) is 27.9.